The maximum absolute atomic E-state index is 12.4. The highest BCUT2D eigenvalue weighted by atomic mass is 32.2. The number of rotatable bonds is 3. The molecule has 1 N–H and O–H groups in total. The van der Waals surface area contributed by atoms with Crippen LogP contribution in [0.2, 0.25) is 0 Å². The molecule has 0 radical (unpaired) electrons. The predicted octanol–water partition coefficient (Wildman–Crippen LogP) is 5.24. The summed E-state index contributed by atoms with van der Waals surface area (Å²) < 4.78 is 5.73. The smallest absolute Gasteiger partial charge is 0.408 e. The van der Waals surface area contributed by atoms with Gasteiger partial charge in [0.15, 0.2) is 0 Å². The molecule has 0 unspecified atom stereocenters. The molecule has 0 aliphatic heterocycles. The number of hydrogen-bond donors (Lipinski definition) is 1. The van der Waals surface area contributed by atoms with E-state index >= 15 is 0 Å². The van der Waals surface area contributed by atoms with Crippen molar-refractivity contribution in [2.24, 2.45) is 11.8 Å². The normalized spacial score (nSPS) is 30.0. The van der Waals surface area contributed by atoms with Gasteiger partial charge in [0.2, 0.25) is 0 Å². The van der Waals surface area contributed by atoms with Crippen molar-refractivity contribution in [3.63, 3.8) is 0 Å². The molecule has 1 saturated carbocycles. The van der Waals surface area contributed by atoms with Gasteiger partial charge >= 0.3 is 6.09 Å². The van der Waals surface area contributed by atoms with Crippen molar-refractivity contribution >= 4 is 17.9 Å². The van der Waals surface area contributed by atoms with Crippen molar-refractivity contribution in [2.45, 2.75) is 90.5 Å². The van der Waals surface area contributed by atoms with E-state index in [2.05, 4.69) is 39.9 Å². The summed E-state index contributed by atoms with van der Waals surface area (Å²) >= 11 is 1.94. The van der Waals surface area contributed by atoms with Crippen molar-refractivity contribution < 1.29 is 9.53 Å². The lowest BCUT2D eigenvalue weighted by Gasteiger charge is -2.48. The van der Waals surface area contributed by atoms with Crippen LogP contribution in [0.4, 0.5) is 4.79 Å². The lowest BCUT2D eigenvalue weighted by Crippen LogP contribution is -2.61. The lowest BCUT2D eigenvalue weighted by molar-refractivity contribution is 0.0310. The zero-order chi connectivity index (χ0) is 17.2. The third-order valence-corrected chi connectivity index (χ3v) is 6.00. The second-order valence-corrected chi connectivity index (χ2v) is 10.6. The van der Waals surface area contributed by atoms with Gasteiger partial charge in [-0.05, 0) is 45.4 Å². The van der Waals surface area contributed by atoms with Crippen molar-refractivity contribution in [3.8, 4) is 0 Å². The summed E-state index contributed by atoms with van der Waals surface area (Å²) in [7, 11) is 0. The predicted molar refractivity (Wildman–Crippen MR) is 96.5 cm³/mol. The third-order valence-electron chi connectivity index (χ3n) is 4.51. The van der Waals surface area contributed by atoms with Gasteiger partial charge in [-0.25, -0.2) is 4.79 Å². The number of hydrogen-bond acceptors (Lipinski definition) is 3. The van der Waals surface area contributed by atoms with Crippen molar-refractivity contribution in [3.05, 3.63) is 0 Å². The molecule has 0 saturated heterocycles. The van der Waals surface area contributed by atoms with Crippen LogP contribution in [0.3, 0.4) is 0 Å². The molecule has 0 aromatic carbocycles. The van der Waals surface area contributed by atoms with Gasteiger partial charge in [-0.3, -0.25) is 0 Å². The largest absolute Gasteiger partial charge is 0.444 e. The van der Waals surface area contributed by atoms with E-state index in [9.17, 15) is 4.79 Å². The lowest BCUT2D eigenvalue weighted by atomic mass is 9.68. The Morgan fingerprint density at radius 3 is 2.05 bits per heavy atom. The Hall–Kier alpha value is -0.380. The summed E-state index contributed by atoms with van der Waals surface area (Å²) in [6.07, 6.45) is 3.32. The van der Waals surface area contributed by atoms with E-state index in [1.165, 1.54) is 19.3 Å². The van der Waals surface area contributed by atoms with Crippen molar-refractivity contribution in [2.75, 3.05) is 5.75 Å². The Labute approximate surface area is 141 Å². The summed E-state index contributed by atoms with van der Waals surface area (Å²) in [5.41, 5.74) is -0.623. The highest BCUT2D eigenvalue weighted by Gasteiger charge is 2.46. The first-order chi connectivity index (χ1) is 9.86. The Kier molecular flexibility index (Phi) is 6.28. The van der Waals surface area contributed by atoms with Crippen LogP contribution in [0, 0.1) is 11.8 Å². The minimum atomic E-state index is -0.455. The average Bonchev–Trinajstić information content (AvgIpc) is 2.29. The van der Waals surface area contributed by atoms with E-state index in [1.807, 2.05) is 32.5 Å². The molecule has 22 heavy (non-hydrogen) atoms. The molecule has 4 heteroatoms. The fourth-order valence-electron chi connectivity index (χ4n) is 3.13. The summed E-state index contributed by atoms with van der Waals surface area (Å²) in [5, 5.41) is 3.28. The first-order valence-corrected chi connectivity index (χ1v) is 9.49. The number of nitrogens with one attached hydrogen (secondary N) is 1. The first kappa shape index (κ1) is 19.7. The van der Waals surface area contributed by atoms with Crippen LogP contribution in [0.1, 0.15) is 74.7 Å². The van der Waals surface area contributed by atoms with Crippen LogP contribution in [0.25, 0.3) is 0 Å². The molecular formula is C18H35NO2S. The van der Waals surface area contributed by atoms with Crippen LogP contribution in [-0.2, 0) is 4.74 Å². The van der Waals surface area contributed by atoms with Gasteiger partial charge in [0, 0.05) is 10.5 Å². The van der Waals surface area contributed by atoms with Gasteiger partial charge < -0.3 is 10.1 Å². The topological polar surface area (TPSA) is 38.3 Å². The van der Waals surface area contributed by atoms with Crippen LogP contribution >= 0.6 is 11.8 Å². The molecule has 1 fully saturated rings. The van der Waals surface area contributed by atoms with Crippen molar-refractivity contribution in [1.29, 1.82) is 0 Å². The minimum absolute atomic E-state index is 0.168. The Morgan fingerprint density at radius 1 is 1.14 bits per heavy atom. The molecule has 3 nitrogen and oxygen atoms in total. The van der Waals surface area contributed by atoms with E-state index in [0.717, 1.165) is 5.75 Å². The average molecular weight is 330 g/mol. The maximum Gasteiger partial charge on any atom is 0.408 e. The Balaban J connectivity index is 2.93. The quantitative estimate of drug-likeness (QED) is 0.769. The fourth-order valence-corrected chi connectivity index (χ4v) is 4.44. The molecule has 0 spiro atoms. The monoisotopic (exact) mass is 329 g/mol. The van der Waals surface area contributed by atoms with Gasteiger partial charge in [0.05, 0.1) is 5.54 Å². The van der Waals surface area contributed by atoms with E-state index < -0.39 is 5.60 Å². The first-order valence-electron chi connectivity index (χ1n) is 8.51. The van der Waals surface area contributed by atoms with E-state index in [4.69, 9.17) is 4.74 Å². The number of thioether (sulfide) groups is 1. The van der Waals surface area contributed by atoms with E-state index in [1.54, 1.807) is 0 Å². The Bertz CT molecular complexity index is 372. The highest BCUT2D eigenvalue weighted by Crippen LogP contribution is 2.42. The fraction of sp³-hybridized carbons (Fsp3) is 0.944. The molecule has 0 aromatic rings. The summed E-state index contributed by atoms with van der Waals surface area (Å²) in [6.45, 7) is 17.0. The molecule has 1 rings (SSSR count). The molecular weight excluding hydrogens is 294 g/mol. The molecule has 1 aliphatic carbocycles. The van der Waals surface area contributed by atoms with Gasteiger partial charge in [-0.2, -0.15) is 11.8 Å². The minimum Gasteiger partial charge on any atom is -0.444 e. The van der Waals surface area contributed by atoms with Gasteiger partial charge in [0.25, 0.3) is 0 Å². The molecule has 0 heterocycles. The van der Waals surface area contributed by atoms with Gasteiger partial charge in [0.1, 0.15) is 5.60 Å². The number of alkyl carbamates (subject to hydrolysis) is 1. The van der Waals surface area contributed by atoms with E-state index in [-0.39, 0.29) is 16.4 Å². The zero-order valence-corrected chi connectivity index (χ0v) is 16.5. The molecule has 130 valence electrons. The maximum atomic E-state index is 12.4. The second-order valence-electron chi connectivity index (χ2n) is 8.80. The van der Waals surface area contributed by atoms with E-state index in [0.29, 0.717) is 11.8 Å². The second kappa shape index (κ2) is 7.02. The van der Waals surface area contributed by atoms with Gasteiger partial charge in [-0.15, -0.1) is 0 Å². The number of amides is 1. The molecule has 0 bridgehead atoms. The number of carbonyl (C=O) groups is 1. The van der Waals surface area contributed by atoms with Gasteiger partial charge in [-0.1, -0.05) is 41.0 Å². The van der Waals surface area contributed by atoms with Crippen LogP contribution < -0.4 is 5.32 Å². The van der Waals surface area contributed by atoms with Crippen LogP contribution in [0.15, 0.2) is 0 Å². The number of carbonyl (C=O) groups excluding carboxylic acids is 1. The number of ether oxygens (including phenoxy) is 1. The molecule has 1 amide bonds. The molecule has 0 aromatic heterocycles. The standard InChI is InChI=1S/C18H35NO2S/c1-13-10-9-11-14(2)18(13,12-22-17(6,7)8)19-15(20)21-16(3,4)5/h13-14H,9-12H2,1-8H3,(H,19,20)/t13-,14+,18+. The Morgan fingerprint density at radius 2 is 1.64 bits per heavy atom. The van der Waals surface area contributed by atoms with Crippen LogP contribution in [0.5, 0.6) is 0 Å². The third kappa shape index (κ3) is 5.68. The molecule has 3 atom stereocenters. The SMILES string of the molecule is C[C@@H]1CCC[C@H](C)[C@@]1(CSC(C)(C)C)NC(=O)OC(C)(C)C. The highest BCUT2D eigenvalue weighted by molar-refractivity contribution is 8.00. The summed E-state index contributed by atoms with van der Waals surface area (Å²) in [4.78, 5) is 12.4. The van der Waals surface area contributed by atoms with Crippen molar-refractivity contribution in [1.82, 2.24) is 5.32 Å². The summed E-state index contributed by atoms with van der Waals surface area (Å²) in [6, 6.07) is 0. The zero-order valence-electron chi connectivity index (χ0n) is 15.7. The van der Waals surface area contributed by atoms with Crippen LogP contribution in [-0.4, -0.2) is 27.7 Å². The summed E-state index contributed by atoms with van der Waals surface area (Å²) in [5.74, 6) is 1.88. The molecule has 1 aliphatic rings.